The number of ether oxygens (including phenoxy) is 1. The zero-order valence-corrected chi connectivity index (χ0v) is 22.9. The molecule has 1 fully saturated rings. The SMILES string of the molecule is COC(=O)Cc1ccc2c(c1)N(CCCN1CCN(c3cn(C)c(=O)n(C)c3=O)CC1)c1ccccc1S2. The molecule has 9 nitrogen and oxygen atoms in total. The number of nitrogens with zero attached hydrogens (tertiary/aromatic N) is 5. The average Bonchev–Trinajstić information content (AvgIpc) is 2.94. The van der Waals surface area contributed by atoms with Crippen molar-refractivity contribution in [2.45, 2.75) is 22.6 Å². The van der Waals surface area contributed by atoms with Crippen LogP contribution in [0.3, 0.4) is 0 Å². The van der Waals surface area contributed by atoms with Crippen LogP contribution in [0.5, 0.6) is 0 Å². The smallest absolute Gasteiger partial charge is 0.330 e. The fourth-order valence-electron chi connectivity index (χ4n) is 5.14. The Bertz CT molecular complexity index is 1460. The molecule has 1 aromatic heterocycles. The molecular formula is C28H33N5O4S. The Kier molecular flexibility index (Phi) is 7.62. The number of aryl methyl sites for hydroxylation is 1. The lowest BCUT2D eigenvalue weighted by Gasteiger charge is -2.37. The summed E-state index contributed by atoms with van der Waals surface area (Å²) in [4.78, 5) is 45.8. The van der Waals surface area contributed by atoms with Gasteiger partial charge >= 0.3 is 11.7 Å². The van der Waals surface area contributed by atoms with Gasteiger partial charge in [-0.05, 0) is 42.8 Å². The monoisotopic (exact) mass is 535 g/mol. The molecule has 200 valence electrons. The second kappa shape index (κ2) is 11.1. The molecule has 3 heterocycles. The molecule has 0 spiro atoms. The highest BCUT2D eigenvalue weighted by Crippen LogP contribution is 2.48. The van der Waals surface area contributed by atoms with Gasteiger partial charge in [0.2, 0.25) is 0 Å². The Hall–Kier alpha value is -3.50. The van der Waals surface area contributed by atoms with E-state index in [9.17, 15) is 14.4 Å². The molecule has 0 N–H and O–H groups in total. The molecule has 2 aromatic carbocycles. The maximum Gasteiger partial charge on any atom is 0.330 e. The number of piperazine rings is 1. The van der Waals surface area contributed by atoms with Crippen LogP contribution in [0, 0.1) is 0 Å². The van der Waals surface area contributed by atoms with E-state index in [4.69, 9.17) is 4.74 Å². The lowest BCUT2D eigenvalue weighted by atomic mass is 10.1. The van der Waals surface area contributed by atoms with Crippen LogP contribution in [0.1, 0.15) is 12.0 Å². The predicted octanol–water partition coefficient (Wildman–Crippen LogP) is 2.61. The van der Waals surface area contributed by atoms with Crippen LogP contribution in [0.15, 0.2) is 68.0 Å². The Labute approximate surface area is 226 Å². The molecule has 0 radical (unpaired) electrons. The Morgan fingerprint density at radius 2 is 1.66 bits per heavy atom. The van der Waals surface area contributed by atoms with Gasteiger partial charge in [0.25, 0.3) is 5.56 Å². The number of fused-ring (bicyclic) bond motifs is 2. The van der Waals surface area contributed by atoms with Crippen LogP contribution < -0.4 is 21.0 Å². The molecule has 0 amide bonds. The Morgan fingerprint density at radius 3 is 2.42 bits per heavy atom. The van der Waals surface area contributed by atoms with E-state index in [2.05, 4.69) is 51.1 Å². The summed E-state index contributed by atoms with van der Waals surface area (Å²) in [6.45, 7) is 5.01. The minimum Gasteiger partial charge on any atom is -0.469 e. The lowest BCUT2D eigenvalue weighted by molar-refractivity contribution is -0.139. The summed E-state index contributed by atoms with van der Waals surface area (Å²) in [6, 6.07) is 14.7. The van der Waals surface area contributed by atoms with Gasteiger partial charge in [-0.2, -0.15) is 0 Å². The highest BCUT2D eigenvalue weighted by Gasteiger charge is 2.25. The topological polar surface area (TPSA) is 80.0 Å². The first-order valence-corrected chi connectivity index (χ1v) is 13.7. The summed E-state index contributed by atoms with van der Waals surface area (Å²) in [6.07, 6.45) is 2.88. The predicted molar refractivity (Wildman–Crippen MR) is 150 cm³/mol. The molecule has 5 rings (SSSR count). The van der Waals surface area contributed by atoms with Crippen LogP contribution in [0.4, 0.5) is 17.1 Å². The third-order valence-electron chi connectivity index (χ3n) is 7.26. The number of hydrogen-bond acceptors (Lipinski definition) is 8. The summed E-state index contributed by atoms with van der Waals surface area (Å²) in [5.74, 6) is -0.241. The summed E-state index contributed by atoms with van der Waals surface area (Å²) >= 11 is 1.76. The van der Waals surface area contributed by atoms with Crippen molar-refractivity contribution >= 4 is 34.8 Å². The van der Waals surface area contributed by atoms with E-state index in [-0.39, 0.29) is 23.6 Å². The summed E-state index contributed by atoms with van der Waals surface area (Å²) < 4.78 is 7.51. The zero-order chi connectivity index (χ0) is 26.8. The number of anilines is 3. The summed E-state index contributed by atoms with van der Waals surface area (Å²) in [7, 11) is 4.62. The number of para-hydroxylation sites is 1. The third-order valence-corrected chi connectivity index (χ3v) is 8.39. The molecular weight excluding hydrogens is 502 g/mol. The van der Waals surface area contributed by atoms with Gasteiger partial charge in [0.15, 0.2) is 0 Å². The molecule has 0 saturated carbocycles. The largest absolute Gasteiger partial charge is 0.469 e. The molecule has 0 atom stereocenters. The summed E-state index contributed by atoms with van der Waals surface area (Å²) in [5, 5.41) is 0. The number of methoxy groups -OCH3 is 1. The van der Waals surface area contributed by atoms with Crippen LogP contribution in [0.2, 0.25) is 0 Å². The first kappa shape index (κ1) is 26.1. The van der Waals surface area contributed by atoms with Crippen molar-refractivity contribution in [3.63, 3.8) is 0 Å². The highest BCUT2D eigenvalue weighted by molar-refractivity contribution is 7.99. The van der Waals surface area contributed by atoms with Gasteiger partial charge < -0.3 is 19.1 Å². The Balaban J connectivity index is 1.25. The quantitative estimate of drug-likeness (QED) is 0.428. The minimum absolute atomic E-state index is 0.241. The number of aromatic nitrogens is 2. The van der Waals surface area contributed by atoms with E-state index < -0.39 is 0 Å². The number of hydrogen-bond donors (Lipinski definition) is 0. The lowest BCUT2D eigenvalue weighted by Crippen LogP contribution is -2.50. The van der Waals surface area contributed by atoms with E-state index in [1.165, 1.54) is 38.8 Å². The van der Waals surface area contributed by atoms with E-state index in [1.807, 2.05) is 6.07 Å². The summed E-state index contributed by atoms with van der Waals surface area (Å²) in [5.41, 5.74) is 3.29. The van der Waals surface area contributed by atoms with Crippen LogP contribution >= 0.6 is 11.8 Å². The average molecular weight is 536 g/mol. The fourth-order valence-corrected chi connectivity index (χ4v) is 6.21. The number of benzene rings is 2. The molecule has 1 saturated heterocycles. The van der Waals surface area contributed by atoms with E-state index in [0.717, 1.165) is 56.9 Å². The first-order chi connectivity index (χ1) is 18.4. The van der Waals surface area contributed by atoms with Gasteiger partial charge in [-0.1, -0.05) is 30.0 Å². The number of carbonyl (C=O) groups excluding carboxylic acids is 1. The van der Waals surface area contributed by atoms with Crippen LogP contribution in [-0.4, -0.2) is 66.4 Å². The molecule has 38 heavy (non-hydrogen) atoms. The van der Waals surface area contributed by atoms with Crippen molar-refractivity contribution in [1.29, 1.82) is 0 Å². The first-order valence-electron chi connectivity index (χ1n) is 12.8. The highest BCUT2D eigenvalue weighted by atomic mass is 32.2. The molecule has 10 heteroatoms. The fraction of sp³-hybridized carbons (Fsp3) is 0.393. The van der Waals surface area contributed by atoms with Gasteiger partial charge in [0.05, 0.1) is 24.9 Å². The third kappa shape index (κ3) is 5.23. The van der Waals surface area contributed by atoms with Crippen molar-refractivity contribution in [3.8, 4) is 0 Å². The van der Waals surface area contributed by atoms with Crippen molar-refractivity contribution < 1.29 is 9.53 Å². The molecule has 0 aliphatic carbocycles. The van der Waals surface area contributed by atoms with Crippen molar-refractivity contribution in [1.82, 2.24) is 14.0 Å². The van der Waals surface area contributed by atoms with Gasteiger partial charge in [0, 0.05) is 62.8 Å². The van der Waals surface area contributed by atoms with Gasteiger partial charge in [-0.25, -0.2) is 4.79 Å². The maximum absolute atomic E-state index is 12.6. The van der Waals surface area contributed by atoms with Crippen LogP contribution in [0.25, 0.3) is 0 Å². The molecule has 2 aliphatic heterocycles. The number of esters is 1. The van der Waals surface area contributed by atoms with Crippen LogP contribution in [-0.2, 0) is 30.0 Å². The van der Waals surface area contributed by atoms with E-state index in [0.29, 0.717) is 5.69 Å². The Morgan fingerprint density at radius 1 is 0.921 bits per heavy atom. The minimum atomic E-state index is -0.311. The van der Waals surface area contributed by atoms with Crippen molar-refractivity contribution in [2.75, 3.05) is 56.2 Å². The van der Waals surface area contributed by atoms with Crippen molar-refractivity contribution in [2.24, 2.45) is 14.1 Å². The van der Waals surface area contributed by atoms with E-state index in [1.54, 1.807) is 25.0 Å². The number of carbonyl (C=O) groups is 1. The second-order valence-electron chi connectivity index (χ2n) is 9.73. The standard InChI is InChI=1S/C28H33N5O4S/c1-29-19-23(27(35)30(2)28(29)36)32-15-13-31(14-16-32)11-6-12-33-21-7-4-5-8-24(21)38-25-10-9-20(17-22(25)33)18-26(34)37-3/h4-5,7-10,17,19H,6,11-16,18H2,1-3H3. The van der Waals surface area contributed by atoms with Crippen molar-refractivity contribution in [3.05, 3.63) is 75.1 Å². The normalized spacial score (nSPS) is 15.2. The molecule has 0 unspecified atom stereocenters. The van der Waals surface area contributed by atoms with Gasteiger partial charge in [0.1, 0.15) is 5.69 Å². The maximum atomic E-state index is 12.6. The molecule has 0 bridgehead atoms. The van der Waals surface area contributed by atoms with Gasteiger partial charge in [-0.15, -0.1) is 0 Å². The molecule has 2 aliphatic rings. The second-order valence-corrected chi connectivity index (χ2v) is 10.8. The molecule has 3 aromatic rings. The van der Waals surface area contributed by atoms with Gasteiger partial charge in [-0.3, -0.25) is 19.1 Å². The number of rotatable bonds is 7. The zero-order valence-electron chi connectivity index (χ0n) is 22.1. The van der Waals surface area contributed by atoms with E-state index >= 15 is 0 Å².